The van der Waals surface area contributed by atoms with E-state index >= 15 is 0 Å². The largest absolute Gasteiger partial charge is 0.461 e. The average molecular weight is 217 g/mol. The molecule has 57 valence electrons. The summed E-state index contributed by atoms with van der Waals surface area (Å²) in [6, 6.07) is 0. The maximum absolute atomic E-state index is 10.7. The van der Waals surface area contributed by atoms with E-state index in [0.717, 1.165) is 6.54 Å². The van der Waals surface area contributed by atoms with Crippen LogP contribution in [0, 0.1) is 12.0 Å². The summed E-state index contributed by atoms with van der Waals surface area (Å²) in [6.07, 6.45) is 0. The molecule has 1 radical (unpaired) electrons. The molecule has 0 unspecified atom stereocenters. The van der Waals surface area contributed by atoms with Crippen molar-refractivity contribution in [1.29, 1.82) is 0 Å². The summed E-state index contributed by atoms with van der Waals surface area (Å²) in [5.74, 6) is -0.0162. The van der Waals surface area contributed by atoms with Crippen LogP contribution in [0.2, 0.25) is 0 Å². The fourth-order valence-electron chi connectivity index (χ4n) is 0.250. The molecule has 9 heavy (non-hydrogen) atoms. The third-order valence-electron chi connectivity index (χ3n) is 0.891. The summed E-state index contributed by atoms with van der Waals surface area (Å²) in [5, 5.41) is 0. The van der Waals surface area contributed by atoms with Gasteiger partial charge in [0.05, 0.1) is 0 Å². The molecule has 3 heteroatoms. The first kappa shape index (κ1) is 11.9. The van der Waals surface area contributed by atoms with Crippen LogP contribution >= 0.6 is 0 Å². The molecular weight excluding hydrogens is 205 g/mol. The Labute approximate surface area is 68.9 Å². The van der Waals surface area contributed by atoms with E-state index in [1.807, 2.05) is 20.8 Å². The first-order valence-corrected chi connectivity index (χ1v) is 2.58. The fourth-order valence-corrected chi connectivity index (χ4v) is 0.250. The quantitative estimate of drug-likeness (QED) is 0.519. The molecule has 0 saturated carbocycles. The van der Waals surface area contributed by atoms with Crippen molar-refractivity contribution < 1.29 is 24.3 Å². The van der Waals surface area contributed by atoms with E-state index in [0.29, 0.717) is 0 Å². The number of nitrogens with two attached hydrogens (primary N) is 1. The van der Waals surface area contributed by atoms with Crippen molar-refractivity contribution in [3.8, 4) is 0 Å². The predicted octanol–water partition coefficient (Wildman–Crippen LogP) is 0.720. The van der Waals surface area contributed by atoms with E-state index < -0.39 is 0 Å². The zero-order valence-corrected chi connectivity index (χ0v) is 7.53. The average Bonchev–Trinajstić information content (AvgIpc) is 1.62. The van der Waals surface area contributed by atoms with Gasteiger partial charge in [0.1, 0.15) is 0 Å². The molecular formula is C6H12NORh-. The van der Waals surface area contributed by atoms with Crippen molar-refractivity contribution in [3.63, 3.8) is 0 Å². The summed E-state index contributed by atoms with van der Waals surface area (Å²) in [7, 11) is 0. The minimum atomic E-state index is -0.311. The van der Waals surface area contributed by atoms with Crippen LogP contribution in [0.1, 0.15) is 20.8 Å². The van der Waals surface area contributed by atoms with Crippen LogP contribution in [0.4, 0.5) is 0 Å². The molecule has 0 rings (SSSR count). The third kappa shape index (κ3) is 4.62. The van der Waals surface area contributed by atoms with Crippen molar-refractivity contribution in [2.45, 2.75) is 20.8 Å². The molecule has 0 aliphatic heterocycles. The molecule has 0 fully saturated rings. The molecule has 0 saturated heterocycles. The Morgan fingerprint density at radius 1 is 1.44 bits per heavy atom. The molecule has 2 nitrogen and oxygen atoms in total. The van der Waals surface area contributed by atoms with Gasteiger partial charge < -0.3 is 10.5 Å². The Kier molecular flexibility index (Phi) is 5.30. The van der Waals surface area contributed by atoms with Crippen molar-refractivity contribution in [2.75, 3.05) is 0 Å². The SMILES string of the molecule is CC(C)(C)C(=O)[CH-]N.[Rh]. The first-order valence-electron chi connectivity index (χ1n) is 2.58. The van der Waals surface area contributed by atoms with Gasteiger partial charge >= 0.3 is 0 Å². The molecule has 0 heterocycles. The Morgan fingerprint density at radius 2 is 1.78 bits per heavy atom. The molecule has 0 spiro atoms. The van der Waals surface area contributed by atoms with E-state index in [4.69, 9.17) is 5.73 Å². The molecule has 0 aromatic carbocycles. The van der Waals surface area contributed by atoms with E-state index in [1.54, 1.807) is 0 Å². The molecule has 0 aliphatic rings. The van der Waals surface area contributed by atoms with Gasteiger partial charge in [0.15, 0.2) is 0 Å². The Bertz CT molecular complexity index is 95.7. The Hall–Kier alpha value is 0.123. The minimum Gasteiger partial charge on any atom is -0.461 e. The van der Waals surface area contributed by atoms with Gasteiger partial charge in [-0.05, 0) is 5.41 Å². The van der Waals surface area contributed by atoms with Crippen LogP contribution in [0.15, 0.2) is 0 Å². The van der Waals surface area contributed by atoms with Crippen molar-refractivity contribution in [1.82, 2.24) is 0 Å². The monoisotopic (exact) mass is 217 g/mol. The smallest absolute Gasteiger partial charge is 0.0167 e. The van der Waals surface area contributed by atoms with E-state index in [9.17, 15) is 4.79 Å². The zero-order valence-electron chi connectivity index (χ0n) is 5.90. The van der Waals surface area contributed by atoms with Crippen molar-refractivity contribution in [2.24, 2.45) is 11.1 Å². The van der Waals surface area contributed by atoms with E-state index in [1.165, 1.54) is 0 Å². The second-order valence-electron chi connectivity index (χ2n) is 2.78. The van der Waals surface area contributed by atoms with Gasteiger partial charge in [-0.2, -0.15) is 0 Å². The topological polar surface area (TPSA) is 43.1 Å². The fraction of sp³-hybridized carbons (Fsp3) is 0.667. The summed E-state index contributed by atoms with van der Waals surface area (Å²) in [6.45, 7) is 6.61. The first-order chi connectivity index (χ1) is 3.48. The number of carbonyl (C=O) groups excluding carboxylic acids is 1. The number of hydrogen-bond acceptors (Lipinski definition) is 2. The summed E-state index contributed by atoms with van der Waals surface area (Å²) < 4.78 is 0. The summed E-state index contributed by atoms with van der Waals surface area (Å²) in [4.78, 5) is 10.7. The molecule has 0 aromatic rings. The normalized spacial score (nSPS) is 9.78. The van der Waals surface area contributed by atoms with Gasteiger partial charge in [-0.25, -0.2) is 0 Å². The van der Waals surface area contributed by atoms with E-state index in [2.05, 4.69) is 0 Å². The summed E-state index contributed by atoms with van der Waals surface area (Å²) >= 11 is 0. The third-order valence-corrected chi connectivity index (χ3v) is 0.891. The van der Waals surface area contributed by atoms with Gasteiger partial charge in [0.25, 0.3) is 0 Å². The van der Waals surface area contributed by atoms with Crippen LogP contribution in [-0.2, 0) is 24.3 Å². The second-order valence-corrected chi connectivity index (χ2v) is 2.78. The summed E-state index contributed by atoms with van der Waals surface area (Å²) in [5.41, 5.74) is 4.67. The second kappa shape index (κ2) is 4.02. The van der Waals surface area contributed by atoms with Gasteiger partial charge in [0, 0.05) is 25.3 Å². The Balaban J connectivity index is 0. The Morgan fingerprint density at radius 3 is 1.78 bits per heavy atom. The van der Waals surface area contributed by atoms with Crippen LogP contribution < -0.4 is 5.73 Å². The molecule has 0 amide bonds. The van der Waals surface area contributed by atoms with Gasteiger partial charge in [-0.15, -0.1) is 0 Å². The number of hydrogen-bond donors (Lipinski definition) is 1. The number of Topliss-reactive ketones (excluding diaryl/α,β-unsaturated/α-hetero) is 1. The molecule has 0 atom stereocenters. The maximum Gasteiger partial charge on any atom is 0.0167 e. The molecule has 2 N–H and O–H groups in total. The van der Waals surface area contributed by atoms with Gasteiger partial charge in [-0.3, -0.25) is 6.54 Å². The maximum atomic E-state index is 10.7. The standard InChI is InChI=1S/C6H12NO.Rh/c1-6(2,3)5(8)4-7;/h4H,7H2,1-3H3;/q-1;. The van der Waals surface area contributed by atoms with Crippen molar-refractivity contribution in [3.05, 3.63) is 6.54 Å². The molecule has 0 aliphatic carbocycles. The molecule has 0 aromatic heterocycles. The number of ketones is 1. The van der Waals surface area contributed by atoms with Crippen LogP contribution in [0.25, 0.3) is 0 Å². The van der Waals surface area contributed by atoms with E-state index in [-0.39, 0.29) is 30.7 Å². The predicted molar refractivity (Wildman–Crippen MR) is 32.9 cm³/mol. The van der Waals surface area contributed by atoms with Crippen LogP contribution in [0.5, 0.6) is 0 Å². The van der Waals surface area contributed by atoms with Crippen LogP contribution in [-0.4, -0.2) is 5.78 Å². The van der Waals surface area contributed by atoms with Crippen molar-refractivity contribution >= 4 is 5.78 Å². The number of carbonyl (C=O) groups is 1. The minimum absolute atomic E-state index is 0. The van der Waals surface area contributed by atoms with Gasteiger partial charge in [0.2, 0.25) is 0 Å². The van der Waals surface area contributed by atoms with Crippen LogP contribution in [0.3, 0.4) is 0 Å². The van der Waals surface area contributed by atoms with Gasteiger partial charge in [-0.1, -0.05) is 20.8 Å². The zero-order chi connectivity index (χ0) is 6.78. The molecule has 0 bridgehead atoms. The number of rotatable bonds is 1.